The number of nitrogens with zero attached hydrogens (tertiary/aromatic N) is 1. The van der Waals surface area contributed by atoms with E-state index >= 15 is 0 Å². The van der Waals surface area contributed by atoms with E-state index in [0.29, 0.717) is 13.0 Å². The Labute approximate surface area is 153 Å². The number of anilines is 1. The van der Waals surface area contributed by atoms with Crippen molar-refractivity contribution in [3.63, 3.8) is 0 Å². The number of ketones is 1. The van der Waals surface area contributed by atoms with Gasteiger partial charge in [-0.15, -0.1) is 0 Å². The molecule has 0 aliphatic rings. The molecule has 0 bridgehead atoms. The van der Waals surface area contributed by atoms with Gasteiger partial charge in [-0.2, -0.15) is 5.10 Å². The lowest BCUT2D eigenvalue weighted by Gasteiger charge is -2.08. The van der Waals surface area contributed by atoms with Crippen molar-refractivity contribution in [3.05, 3.63) is 66.0 Å². The zero-order valence-electron chi connectivity index (χ0n) is 15.1. The summed E-state index contributed by atoms with van der Waals surface area (Å²) in [7, 11) is 1.66. The molecule has 26 heavy (non-hydrogen) atoms. The first-order valence-electron chi connectivity index (χ1n) is 8.75. The molecule has 3 aromatic rings. The fourth-order valence-electron chi connectivity index (χ4n) is 2.80. The van der Waals surface area contributed by atoms with Crippen LogP contribution in [-0.4, -0.2) is 23.1 Å². The van der Waals surface area contributed by atoms with Crippen molar-refractivity contribution >= 4 is 11.5 Å². The van der Waals surface area contributed by atoms with Crippen LogP contribution in [-0.2, 0) is 6.54 Å². The van der Waals surface area contributed by atoms with Gasteiger partial charge in [0.1, 0.15) is 5.75 Å². The standard InChI is InChI=1S/C21H23N3O2/c1-3-4-21(25)16-5-9-17(10-6-16)22-14-20-19(13-23-24-20)15-7-11-18(26-2)12-8-15/h5-13,22H,3-4,14H2,1-2H3,(H,23,24). The molecule has 2 N–H and O–H groups in total. The molecule has 5 nitrogen and oxygen atoms in total. The zero-order valence-corrected chi connectivity index (χ0v) is 15.1. The van der Waals surface area contributed by atoms with Gasteiger partial charge in [0.25, 0.3) is 0 Å². The van der Waals surface area contributed by atoms with Gasteiger partial charge in [0, 0.05) is 23.2 Å². The number of benzene rings is 2. The van der Waals surface area contributed by atoms with Crippen LogP contribution in [0, 0.1) is 0 Å². The number of nitrogens with one attached hydrogen (secondary N) is 2. The number of carbonyl (C=O) groups excluding carboxylic acids is 1. The minimum atomic E-state index is 0.189. The number of Topliss-reactive ketones (excluding diaryl/α,β-unsaturated/α-hetero) is 1. The number of ether oxygens (including phenoxy) is 1. The first-order valence-corrected chi connectivity index (χ1v) is 8.75. The zero-order chi connectivity index (χ0) is 18.4. The van der Waals surface area contributed by atoms with E-state index < -0.39 is 0 Å². The van der Waals surface area contributed by atoms with Crippen molar-refractivity contribution in [1.82, 2.24) is 10.2 Å². The van der Waals surface area contributed by atoms with Crippen LogP contribution in [0.2, 0.25) is 0 Å². The maximum Gasteiger partial charge on any atom is 0.162 e. The van der Waals surface area contributed by atoms with Gasteiger partial charge in [-0.05, 0) is 48.4 Å². The van der Waals surface area contributed by atoms with Gasteiger partial charge in [-0.1, -0.05) is 19.1 Å². The highest BCUT2D eigenvalue weighted by Crippen LogP contribution is 2.25. The molecule has 0 spiro atoms. The normalized spacial score (nSPS) is 10.5. The quantitative estimate of drug-likeness (QED) is 0.580. The van der Waals surface area contributed by atoms with E-state index in [-0.39, 0.29) is 5.78 Å². The maximum absolute atomic E-state index is 11.9. The number of carbonyl (C=O) groups is 1. The van der Waals surface area contributed by atoms with Crippen LogP contribution in [0.5, 0.6) is 5.75 Å². The molecule has 0 radical (unpaired) electrons. The summed E-state index contributed by atoms with van der Waals surface area (Å²) in [6, 6.07) is 15.5. The van der Waals surface area contributed by atoms with Gasteiger partial charge in [-0.25, -0.2) is 0 Å². The third-order valence-electron chi connectivity index (χ3n) is 4.27. The molecule has 0 saturated carbocycles. The minimum absolute atomic E-state index is 0.189. The molecule has 0 fully saturated rings. The van der Waals surface area contributed by atoms with E-state index in [0.717, 1.165) is 40.2 Å². The second kappa shape index (κ2) is 8.34. The number of hydrogen-bond donors (Lipinski definition) is 2. The number of hydrogen-bond acceptors (Lipinski definition) is 4. The summed E-state index contributed by atoms with van der Waals surface area (Å²) < 4.78 is 5.20. The minimum Gasteiger partial charge on any atom is -0.497 e. The summed E-state index contributed by atoms with van der Waals surface area (Å²) in [5.41, 5.74) is 4.86. The largest absolute Gasteiger partial charge is 0.497 e. The summed E-state index contributed by atoms with van der Waals surface area (Å²) in [5, 5.41) is 10.6. The molecule has 0 saturated heterocycles. The third-order valence-corrected chi connectivity index (χ3v) is 4.27. The Bertz CT molecular complexity index is 852. The van der Waals surface area contributed by atoms with E-state index in [4.69, 9.17) is 4.74 Å². The van der Waals surface area contributed by atoms with Crippen molar-refractivity contribution in [1.29, 1.82) is 0 Å². The smallest absolute Gasteiger partial charge is 0.162 e. The highest BCUT2D eigenvalue weighted by Gasteiger charge is 2.08. The second-order valence-electron chi connectivity index (χ2n) is 6.09. The lowest BCUT2D eigenvalue weighted by atomic mass is 10.1. The maximum atomic E-state index is 11.9. The topological polar surface area (TPSA) is 67.0 Å². The van der Waals surface area contributed by atoms with Crippen LogP contribution in [0.4, 0.5) is 5.69 Å². The first kappa shape index (κ1) is 17.7. The Morgan fingerprint density at radius 1 is 1.12 bits per heavy atom. The molecule has 1 aromatic heterocycles. The number of rotatable bonds is 8. The average Bonchev–Trinajstić information content (AvgIpc) is 3.15. The van der Waals surface area contributed by atoms with Gasteiger partial charge < -0.3 is 10.1 Å². The summed E-state index contributed by atoms with van der Waals surface area (Å²) in [4.78, 5) is 11.9. The number of aromatic nitrogens is 2. The van der Waals surface area contributed by atoms with E-state index in [9.17, 15) is 4.79 Å². The van der Waals surface area contributed by atoms with Crippen LogP contribution in [0.25, 0.3) is 11.1 Å². The Kier molecular flexibility index (Phi) is 5.69. The Morgan fingerprint density at radius 2 is 1.85 bits per heavy atom. The van der Waals surface area contributed by atoms with Crippen molar-refractivity contribution in [2.45, 2.75) is 26.3 Å². The molecule has 5 heteroatoms. The lowest BCUT2D eigenvalue weighted by Crippen LogP contribution is -2.02. The lowest BCUT2D eigenvalue weighted by molar-refractivity contribution is 0.0982. The molecule has 134 valence electrons. The molecule has 0 aliphatic carbocycles. The van der Waals surface area contributed by atoms with Crippen molar-refractivity contribution in [3.8, 4) is 16.9 Å². The molecule has 1 heterocycles. The van der Waals surface area contributed by atoms with Crippen molar-refractivity contribution < 1.29 is 9.53 Å². The summed E-state index contributed by atoms with van der Waals surface area (Å²) >= 11 is 0. The van der Waals surface area contributed by atoms with Crippen LogP contribution < -0.4 is 10.1 Å². The predicted molar refractivity (Wildman–Crippen MR) is 104 cm³/mol. The summed E-state index contributed by atoms with van der Waals surface area (Å²) in [6.45, 7) is 2.63. The van der Waals surface area contributed by atoms with E-state index in [2.05, 4.69) is 15.5 Å². The molecule has 0 unspecified atom stereocenters. The monoisotopic (exact) mass is 349 g/mol. The Hall–Kier alpha value is -3.08. The highest BCUT2D eigenvalue weighted by atomic mass is 16.5. The van der Waals surface area contributed by atoms with Crippen LogP contribution in [0.1, 0.15) is 35.8 Å². The molecule has 0 atom stereocenters. The van der Waals surface area contributed by atoms with Gasteiger partial charge >= 0.3 is 0 Å². The van der Waals surface area contributed by atoms with E-state index in [1.807, 2.05) is 61.7 Å². The molecular formula is C21H23N3O2. The average molecular weight is 349 g/mol. The number of H-pyrrole nitrogens is 1. The molecule has 3 rings (SSSR count). The fraction of sp³-hybridized carbons (Fsp3) is 0.238. The molecule has 0 amide bonds. The fourth-order valence-corrected chi connectivity index (χ4v) is 2.80. The molecular weight excluding hydrogens is 326 g/mol. The highest BCUT2D eigenvalue weighted by molar-refractivity contribution is 5.96. The van der Waals surface area contributed by atoms with Crippen LogP contribution in [0.15, 0.2) is 54.7 Å². The van der Waals surface area contributed by atoms with Gasteiger partial charge in [0.2, 0.25) is 0 Å². The Balaban J connectivity index is 1.67. The second-order valence-corrected chi connectivity index (χ2v) is 6.09. The first-order chi connectivity index (χ1) is 12.7. The summed E-state index contributed by atoms with van der Waals surface area (Å²) in [6.07, 6.45) is 3.28. The summed E-state index contributed by atoms with van der Waals surface area (Å²) in [5.74, 6) is 1.02. The third kappa shape index (κ3) is 4.11. The SMILES string of the molecule is CCCC(=O)c1ccc(NCc2[nH]ncc2-c2ccc(OC)cc2)cc1. The van der Waals surface area contributed by atoms with E-state index in [1.54, 1.807) is 7.11 Å². The van der Waals surface area contributed by atoms with Gasteiger partial charge in [0.15, 0.2) is 5.78 Å². The number of aromatic amines is 1. The van der Waals surface area contributed by atoms with Crippen LogP contribution in [0.3, 0.4) is 0 Å². The Morgan fingerprint density at radius 3 is 2.50 bits per heavy atom. The molecule has 2 aromatic carbocycles. The van der Waals surface area contributed by atoms with E-state index in [1.165, 1.54) is 0 Å². The predicted octanol–water partition coefficient (Wildman–Crippen LogP) is 4.68. The van der Waals surface area contributed by atoms with Crippen molar-refractivity contribution in [2.75, 3.05) is 12.4 Å². The van der Waals surface area contributed by atoms with Gasteiger partial charge in [0.05, 0.1) is 25.5 Å². The van der Waals surface area contributed by atoms with Crippen LogP contribution >= 0.6 is 0 Å². The molecule has 0 aliphatic heterocycles. The van der Waals surface area contributed by atoms with Crippen molar-refractivity contribution in [2.24, 2.45) is 0 Å². The van der Waals surface area contributed by atoms with Gasteiger partial charge in [-0.3, -0.25) is 9.89 Å². The number of methoxy groups -OCH3 is 1.